The maximum Gasteiger partial charge on any atom is 0.244 e. The number of nitrogens with zero attached hydrogens (tertiary/aromatic N) is 1. The molecular formula is C14H19Cl2NO3S. The van der Waals surface area contributed by atoms with Crippen LogP contribution in [-0.2, 0) is 16.6 Å². The number of hydrogen-bond donors (Lipinski definition) is 1. The third-order valence-corrected chi connectivity index (χ3v) is 6.74. The second kappa shape index (κ2) is 6.84. The van der Waals surface area contributed by atoms with Crippen molar-refractivity contribution in [3.63, 3.8) is 0 Å². The second-order valence-electron chi connectivity index (χ2n) is 5.35. The quantitative estimate of drug-likeness (QED) is 0.903. The number of sulfonamides is 1. The van der Waals surface area contributed by atoms with Crippen molar-refractivity contribution in [3.05, 3.63) is 27.7 Å². The van der Waals surface area contributed by atoms with Crippen molar-refractivity contribution in [2.45, 2.75) is 49.6 Å². The Balaban J connectivity index is 2.38. The molecule has 1 aromatic carbocycles. The number of hydrogen-bond acceptors (Lipinski definition) is 3. The molecule has 1 aliphatic carbocycles. The molecule has 4 nitrogen and oxygen atoms in total. The molecular weight excluding hydrogens is 333 g/mol. The minimum absolute atomic E-state index is 0.00527. The van der Waals surface area contributed by atoms with Crippen molar-refractivity contribution >= 4 is 33.2 Å². The normalized spacial score (nSPS) is 17.4. The van der Waals surface area contributed by atoms with Gasteiger partial charge in [0.2, 0.25) is 10.0 Å². The van der Waals surface area contributed by atoms with E-state index in [1.165, 1.54) is 16.4 Å². The van der Waals surface area contributed by atoms with Gasteiger partial charge in [-0.3, -0.25) is 0 Å². The Morgan fingerprint density at radius 1 is 1.19 bits per heavy atom. The average molecular weight is 352 g/mol. The number of aliphatic hydroxyl groups is 1. The van der Waals surface area contributed by atoms with Gasteiger partial charge in [-0.1, -0.05) is 42.5 Å². The molecule has 0 amide bonds. The van der Waals surface area contributed by atoms with Gasteiger partial charge in [0.05, 0.1) is 11.6 Å². The standard InChI is InChI=1S/C14H19Cl2NO3S/c1-17(11-5-3-2-4-6-11)21(19,20)14-7-10(9-18)12(15)8-13(14)16/h7-8,11,18H,2-6,9H2,1H3. The highest BCUT2D eigenvalue weighted by Crippen LogP contribution is 2.33. The van der Waals surface area contributed by atoms with E-state index in [4.69, 9.17) is 23.2 Å². The fourth-order valence-corrected chi connectivity index (χ4v) is 4.93. The van der Waals surface area contributed by atoms with Crippen molar-refractivity contribution in [1.29, 1.82) is 0 Å². The summed E-state index contributed by atoms with van der Waals surface area (Å²) in [5.41, 5.74) is 0.358. The van der Waals surface area contributed by atoms with Crippen LogP contribution in [0.25, 0.3) is 0 Å². The highest BCUT2D eigenvalue weighted by molar-refractivity contribution is 7.89. The first-order valence-corrected chi connectivity index (χ1v) is 9.14. The van der Waals surface area contributed by atoms with Crippen LogP contribution in [0.1, 0.15) is 37.7 Å². The predicted molar refractivity (Wildman–Crippen MR) is 84.2 cm³/mol. The number of halogens is 2. The zero-order chi connectivity index (χ0) is 15.6. The molecule has 0 aromatic heterocycles. The van der Waals surface area contributed by atoms with Crippen molar-refractivity contribution in [1.82, 2.24) is 4.31 Å². The van der Waals surface area contributed by atoms with E-state index in [-0.39, 0.29) is 27.6 Å². The Hall–Kier alpha value is -0.330. The van der Waals surface area contributed by atoms with Gasteiger partial charge in [-0.05, 0) is 30.5 Å². The van der Waals surface area contributed by atoms with Crippen LogP contribution in [0.4, 0.5) is 0 Å². The van der Waals surface area contributed by atoms with Crippen molar-refractivity contribution < 1.29 is 13.5 Å². The van der Waals surface area contributed by atoms with Gasteiger partial charge in [0.25, 0.3) is 0 Å². The third kappa shape index (κ3) is 3.54. The van der Waals surface area contributed by atoms with Crippen molar-refractivity contribution in [2.75, 3.05) is 7.05 Å². The summed E-state index contributed by atoms with van der Waals surface area (Å²) in [6.45, 7) is -0.328. The molecule has 1 N–H and O–H groups in total. The van der Waals surface area contributed by atoms with E-state index in [1.54, 1.807) is 7.05 Å². The predicted octanol–water partition coefficient (Wildman–Crippen LogP) is 3.44. The molecule has 0 aliphatic heterocycles. The molecule has 0 heterocycles. The van der Waals surface area contributed by atoms with E-state index in [0.717, 1.165) is 32.1 Å². The molecule has 1 aromatic rings. The maximum atomic E-state index is 12.7. The first kappa shape index (κ1) is 17.0. The Labute approximate surface area is 135 Å². The van der Waals surface area contributed by atoms with Crippen LogP contribution in [0, 0.1) is 0 Å². The summed E-state index contributed by atoms with van der Waals surface area (Å²) in [6, 6.07) is 2.74. The summed E-state index contributed by atoms with van der Waals surface area (Å²) < 4.78 is 26.9. The molecule has 0 saturated heterocycles. The molecule has 0 radical (unpaired) electrons. The van der Waals surface area contributed by atoms with Crippen LogP contribution in [0.5, 0.6) is 0 Å². The van der Waals surface area contributed by atoms with E-state index < -0.39 is 10.0 Å². The van der Waals surface area contributed by atoms with Crippen LogP contribution < -0.4 is 0 Å². The zero-order valence-corrected chi connectivity index (χ0v) is 14.2. The van der Waals surface area contributed by atoms with E-state index in [1.807, 2.05) is 0 Å². The lowest BCUT2D eigenvalue weighted by molar-refractivity contribution is 0.281. The van der Waals surface area contributed by atoms with Gasteiger partial charge in [-0.15, -0.1) is 0 Å². The van der Waals surface area contributed by atoms with Crippen LogP contribution in [0.15, 0.2) is 17.0 Å². The summed E-state index contributed by atoms with van der Waals surface area (Å²) in [4.78, 5) is 0.00527. The molecule has 0 atom stereocenters. The topological polar surface area (TPSA) is 57.6 Å². The molecule has 7 heteroatoms. The highest BCUT2D eigenvalue weighted by atomic mass is 35.5. The summed E-state index contributed by atoms with van der Waals surface area (Å²) >= 11 is 12.0. The molecule has 21 heavy (non-hydrogen) atoms. The number of aliphatic hydroxyl groups excluding tert-OH is 1. The van der Waals surface area contributed by atoms with Gasteiger partial charge in [0, 0.05) is 18.1 Å². The number of benzene rings is 1. The van der Waals surface area contributed by atoms with Gasteiger partial charge in [0.15, 0.2) is 0 Å². The summed E-state index contributed by atoms with van der Waals surface area (Å²) in [7, 11) is -2.09. The van der Waals surface area contributed by atoms with E-state index >= 15 is 0 Å². The van der Waals surface area contributed by atoms with Gasteiger partial charge in [-0.2, -0.15) is 4.31 Å². The summed E-state index contributed by atoms with van der Waals surface area (Å²) in [5.74, 6) is 0. The number of rotatable bonds is 4. The molecule has 0 spiro atoms. The molecule has 2 rings (SSSR count). The fraction of sp³-hybridized carbons (Fsp3) is 0.571. The fourth-order valence-electron chi connectivity index (χ4n) is 2.69. The second-order valence-corrected chi connectivity index (χ2v) is 8.13. The van der Waals surface area contributed by atoms with Crippen LogP contribution in [-0.4, -0.2) is 30.9 Å². The highest BCUT2D eigenvalue weighted by Gasteiger charge is 2.31. The SMILES string of the molecule is CN(C1CCCCC1)S(=O)(=O)c1cc(CO)c(Cl)cc1Cl. The monoisotopic (exact) mass is 351 g/mol. The lowest BCUT2D eigenvalue weighted by Gasteiger charge is -2.30. The van der Waals surface area contributed by atoms with Crippen molar-refractivity contribution in [2.24, 2.45) is 0 Å². The summed E-state index contributed by atoms with van der Waals surface area (Å²) in [6.07, 6.45) is 4.98. The zero-order valence-electron chi connectivity index (χ0n) is 11.8. The van der Waals surface area contributed by atoms with Crippen LogP contribution in [0.2, 0.25) is 10.0 Å². The van der Waals surface area contributed by atoms with Gasteiger partial charge in [-0.25, -0.2) is 8.42 Å². The minimum atomic E-state index is -3.69. The smallest absolute Gasteiger partial charge is 0.244 e. The van der Waals surface area contributed by atoms with Gasteiger partial charge < -0.3 is 5.11 Å². The third-order valence-electron chi connectivity index (χ3n) is 4.02. The van der Waals surface area contributed by atoms with Crippen molar-refractivity contribution in [3.8, 4) is 0 Å². The van der Waals surface area contributed by atoms with Gasteiger partial charge >= 0.3 is 0 Å². The first-order valence-electron chi connectivity index (χ1n) is 6.94. The Morgan fingerprint density at radius 3 is 2.38 bits per heavy atom. The molecule has 118 valence electrons. The minimum Gasteiger partial charge on any atom is -0.392 e. The molecule has 0 unspecified atom stereocenters. The average Bonchev–Trinajstić information content (AvgIpc) is 2.47. The maximum absolute atomic E-state index is 12.7. The molecule has 0 bridgehead atoms. The molecule has 1 fully saturated rings. The Bertz CT molecular complexity index is 613. The van der Waals surface area contributed by atoms with E-state index in [9.17, 15) is 13.5 Å². The van der Waals surface area contributed by atoms with Gasteiger partial charge in [0.1, 0.15) is 4.90 Å². The Kier molecular flexibility index (Phi) is 5.54. The molecule has 1 aliphatic rings. The first-order chi connectivity index (χ1) is 9.87. The molecule has 1 saturated carbocycles. The lowest BCUT2D eigenvalue weighted by Crippen LogP contribution is -2.38. The van der Waals surface area contributed by atoms with E-state index in [0.29, 0.717) is 5.56 Å². The largest absolute Gasteiger partial charge is 0.392 e. The van der Waals surface area contributed by atoms with Crippen LogP contribution >= 0.6 is 23.2 Å². The van der Waals surface area contributed by atoms with E-state index in [2.05, 4.69) is 0 Å². The van der Waals surface area contributed by atoms with Crippen LogP contribution in [0.3, 0.4) is 0 Å². The lowest BCUT2D eigenvalue weighted by atomic mass is 9.96. The Morgan fingerprint density at radius 2 is 1.81 bits per heavy atom. The summed E-state index contributed by atoms with van der Waals surface area (Å²) in [5, 5.41) is 9.60.